The van der Waals surface area contributed by atoms with Gasteiger partial charge in [-0.1, -0.05) is 13.3 Å². The highest BCUT2D eigenvalue weighted by Gasteiger charge is 2.15. The van der Waals surface area contributed by atoms with Crippen LogP contribution in [0.3, 0.4) is 0 Å². The van der Waals surface area contributed by atoms with Crippen LogP contribution in [0.2, 0.25) is 0 Å². The summed E-state index contributed by atoms with van der Waals surface area (Å²) in [5.74, 6) is -1.22. The van der Waals surface area contributed by atoms with Gasteiger partial charge in [-0.25, -0.2) is 9.18 Å². The Labute approximate surface area is 87.9 Å². The van der Waals surface area contributed by atoms with Crippen molar-refractivity contribution in [3.8, 4) is 0 Å². The van der Waals surface area contributed by atoms with Crippen molar-refractivity contribution in [1.29, 1.82) is 0 Å². The van der Waals surface area contributed by atoms with E-state index in [0.29, 0.717) is 12.1 Å². The van der Waals surface area contributed by atoms with Gasteiger partial charge >= 0.3 is 5.97 Å². The molecule has 0 saturated carbocycles. The predicted molar refractivity (Wildman–Crippen MR) is 56.4 cm³/mol. The average Bonchev–Trinajstić information content (AvgIpc) is 2.20. The first-order valence-electron chi connectivity index (χ1n) is 4.88. The average molecular weight is 211 g/mol. The summed E-state index contributed by atoms with van der Waals surface area (Å²) < 4.78 is 12.6. The van der Waals surface area contributed by atoms with E-state index >= 15 is 0 Å². The summed E-state index contributed by atoms with van der Waals surface area (Å²) >= 11 is 0. The molecule has 0 fully saturated rings. The minimum Gasteiger partial charge on any atom is -0.480 e. The van der Waals surface area contributed by atoms with E-state index in [1.807, 2.05) is 6.92 Å². The van der Waals surface area contributed by atoms with Gasteiger partial charge in [0.2, 0.25) is 0 Å². The van der Waals surface area contributed by atoms with E-state index < -0.39 is 12.0 Å². The summed E-state index contributed by atoms with van der Waals surface area (Å²) in [5.41, 5.74) is 0.622. The van der Waals surface area contributed by atoms with E-state index in [1.165, 1.54) is 24.3 Å². The van der Waals surface area contributed by atoms with Crippen LogP contribution < -0.4 is 5.32 Å². The molecule has 2 N–H and O–H groups in total. The fourth-order valence-corrected chi connectivity index (χ4v) is 1.29. The molecule has 0 aliphatic heterocycles. The normalized spacial score (nSPS) is 12.1. The number of nitrogens with one attached hydrogen (secondary N) is 1. The Balaban J connectivity index is 2.65. The molecule has 1 atom stereocenters. The molecule has 0 aliphatic carbocycles. The molecular weight excluding hydrogens is 197 g/mol. The molecule has 0 unspecified atom stereocenters. The molecule has 1 aromatic carbocycles. The Morgan fingerprint density at radius 2 is 2.07 bits per heavy atom. The number of benzene rings is 1. The predicted octanol–water partition coefficient (Wildman–Crippen LogP) is 2.49. The summed E-state index contributed by atoms with van der Waals surface area (Å²) in [4.78, 5) is 10.8. The largest absolute Gasteiger partial charge is 0.480 e. The summed E-state index contributed by atoms with van der Waals surface area (Å²) in [6.07, 6.45) is 1.33. The van der Waals surface area contributed by atoms with E-state index in [2.05, 4.69) is 5.32 Å². The van der Waals surface area contributed by atoms with Crippen molar-refractivity contribution in [2.24, 2.45) is 0 Å². The zero-order valence-electron chi connectivity index (χ0n) is 8.53. The lowest BCUT2D eigenvalue weighted by atomic mass is 10.1. The molecule has 0 aromatic heterocycles. The van der Waals surface area contributed by atoms with E-state index in [1.54, 1.807) is 0 Å². The highest BCUT2D eigenvalue weighted by atomic mass is 19.1. The van der Waals surface area contributed by atoms with E-state index in [-0.39, 0.29) is 5.82 Å². The van der Waals surface area contributed by atoms with Crippen molar-refractivity contribution < 1.29 is 14.3 Å². The number of rotatable bonds is 5. The van der Waals surface area contributed by atoms with Gasteiger partial charge < -0.3 is 10.4 Å². The van der Waals surface area contributed by atoms with Gasteiger partial charge in [0.05, 0.1) is 0 Å². The van der Waals surface area contributed by atoms with Crippen molar-refractivity contribution in [1.82, 2.24) is 0 Å². The minimum atomic E-state index is -0.888. The van der Waals surface area contributed by atoms with E-state index in [4.69, 9.17) is 5.11 Å². The second kappa shape index (κ2) is 5.34. The molecule has 0 saturated heterocycles. The topological polar surface area (TPSA) is 49.3 Å². The molecule has 3 nitrogen and oxygen atoms in total. The standard InChI is InChI=1S/C11H14FNO2/c1-2-3-10(11(14)15)13-9-6-4-8(12)5-7-9/h4-7,10,13H,2-3H2,1H3,(H,14,15)/t10-/m1/s1. The van der Waals surface area contributed by atoms with E-state index in [0.717, 1.165) is 6.42 Å². The van der Waals surface area contributed by atoms with Crippen molar-refractivity contribution in [2.75, 3.05) is 5.32 Å². The van der Waals surface area contributed by atoms with Gasteiger partial charge in [0, 0.05) is 5.69 Å². The fourth-order valence-electron chi connectivity index (χ4n) is 1.29. The Morgan fingerprint density at radius 1 is 1.47 bits per heavy atom. The molecule has 4 heteroatoms. The van der Waals surface area contributed by atoms with Gasteiger partial charge in [0.25, 0.3) is 0 Å². The zero-order valence-corrected chi connectivity index (χ0v) is 8.53. The van der Waals surface area contributed by atoms with Gasteiger partial charge in [0.15, 0.2) is 0 Å². The highest BCUT2D eigenvalue weighted by Crippen LogP contribution is 2.11. The third kappa shape index (κ3) is 3.58. The van der Waals surface area contributed by atoms with Crippen molar-refractivity contribution >= 4 is 11.7 Å². The van der Waals surface area contributed by atoms with Gasteiger partial charge in [-0.3, -0.25) is 0 Å². The first kappa shape index (κ1) is 11.5. The number of hydrogen-bond donors (Lipinski definition) is 2. The third-order valence-electron chi connectivity index (χ3n) is 2.06. The minimum absolute atomic E-state index is 0.331. The summed E-state index contributed by atoms with van der Waals surface area (Å²) in [6.45, 7) is 1.92. The number of carboxylic acid groups (broad SMARTS) is 1. The molecule has 1 aromatic rings. The Hall–Kier alpha value is -1.58. The van der Waals surface area contributed by atoms with Crippen LogP contribution in [-0.2, 0) is 4.79 Å². The lowest BCUT2D eigenvalue weighted by Gasteiger charge is -2.14. The zero-order chi connectivity index (χ0) is 11.3. The molecule has 0 radical (unpaired) electrons. The number of carboxylic acids is 1. The Bertz CT molecular complexity index is 324. The molecule has 0 amide bonds. The Morgan fingerprint density at radius 3 is 2.53 bits per heavy atom. The van der Waals surface area contributed by atoms with Crippen molar-refractivity contribution in [2.45, 2.75) is 25.8 Å². The van der Waals surface area contributed by atoms with E-state index in [9.17, 15) is 9.18 Å². The van der Waals surface area contributed by atoms with Crippen LogP contribution in [0.4, 0.5) is 10.1 Å². The lowest BCUT2D eigenvalue weighted by molar-refractivity contribution is -0.138. The van der Waals surface area contributed by atoms with Gasteiger partial charge in [0.1, 0.15) is 11.9 Å². The summed E-state index contributed by atoms with van der Waals surface area (Å²) in [5, 5.41) is 11.7. The maximum Gasteiger partial charge on any atom is 0.326 e. The molecule has 82 valence electrons. The SMILES string of the molecule is CCC[C@@H](Nc1ccc(F)cc1)C(=O)O. The molecule has 0 heterocycles. The Kier molecular flexibility index (Phi) is 4.09. The quantitative estimate of drug-likeness (QED) is 0.786. The lowest BCUT2D eigenvalue weighted by Crippen LogP contribution is -2.28. The van der Waals surface area contributed by atoms with Crippen LogP contribution in [0.5, 0.6) is 0 Å². The van der Waals surface area contributed by atoms with Crippen molar-refractivity contribution in [3.05, 3.63) is 30.1 Å². The van der Waals surface area contributed by atoms with Crippen LogP contribution in [0.1, 0.15) is 19.8 Å². The van der Waals surface area contributed by atoms with Crippen LogP contribution in [0, 0.1) is 5.82 Å². The second-order valence-corrected chi connectivity index (χ2v) is 3.33. The van der Waals surface area contributed by atoms with Crippen molar-refractivity contribution in [3.63, 3.8) is 0 Å². The van der Waals surface area contributed by atoms with Gasteiger partial charge in [-0.15, -0.1) is 0 Å². The van der Waals surface area contributed by atoms with Crippen LogP contribution in [0.15, 0.2) is 24.3 Å². The molecule has 15 heavy (non-hydrogen) atoms. The van der Waals surface area contributed by atoms with Gasteiger partial charge in [-0.05, 0) is 30.7 Å². The monoisotopic (exact) mass is 211 g/mol. The summed E-state index contributed by atoms with van der Waals surface area (Å²) in [7, 11) is 0. The molecular formula is C11H14FNO2. The highest BCUT2D eigenvalue weighted by molar-refractivity contribution is 5.77. The number of anilines is 1. The summed E-state index contributed by atoms with van der Waals surface area (Å²) in [6, 6.07) is 5.04. The second-order valence-electron chi connectivity index (χ2n) is 3.33. The maximum atomic E-state index is 12.6. The first-order valence-corrected chi connectivity index (χ1v) is 4.88. The number of hydrogen-bond acceptors (Lipinski definition) is 2. The van der Waals surface area contributed by atoms with Crippen LogP contribution in [0.25, 0.3) is 0 Å². The number of aliphatic carboxylic acids is 1. The third-order valence-corrected chi connectivity index (χ3v) is 2.06. The first-order chi connectivity index (χ1) is 7.13. The maximum absolute atomic E-state index is 12.6. The fraction of sp³-hybridized carbons (Fsp3) is 0.364. The van der Waals surface area contributed by atoms with Crippen LogP contribution >= 0.6 is 0 Å². The van der Waals surface area contributed by atoms with Gasteiger partial charge in [-0.2, -0.15) is 0 Å². The number of carbonyl (C=O) groups is 1. The molecule has 0 aliphatic rings. The number of halogens is 1. The smallest absolute Gasteiger partial charge is 0.326 e. The molecule has 0 spiro atoms. The molecule has 0 bridgehead atoms. The molecule has 1 rings (SSSR count). The van der Waals surface area contributed by atoms with Crippen LogP contribution in [-0.4, -0.2) is 17.1 Å².